The first-order chi connectivity index (χ1) is 16.2. The van der Waals surface area contributed by atoms with Gasteiger partial charge in [-0.05, 0) is 37.0 Å². The average Bonchev–Trinajstić information content (AvgIpc) is 3.42. The second-order valence-electron chi connectivity index (χ2n) is 8.25. The van der Waals surface area contributed by atoms with Crippen molar-refractivity contribution in [2.24, 2.45) is 5.92 Å². The van der Waals surface area contributed by atoms with Gasteiger partial charge in [0.05, 0.1) is 19.2 Å². The van der Waals surface area contributed by atoms with E-state index < -0.39 is 13.0 Å². The van der Waals surface area contributed by atoms with Crippen LogP contribution in [-0.2, 0) is 28.9 Å². The van der Waals surface area contributed by atoms with Gasteiger partial charge in [-0.1, -0.05) is 29.8 Å². The molecule has 1 aliphatic carbocycles. The molecular weight excluding hydrogens is 491 g/mol. The van der Waals surface area contributed by atoms with E-state index in [0.29, 0.717) is 24.4 Å². The molecule has 2 aliphatic rings. The maximum atomic E-state index is 12.7. The maximum Gasteiger partial charge on any atom is 0.522 e. The zero-order chi connectivity index (χ0) is 24.0. The van der Waals surface area contributed by atoms with Crippen LogP contribution in [0.3, 0.4) is 0 Å². The predicted octanol–water partition coefficient (Wildman–Crippen LogP) is 3.85. The molecule has 5 rings (SSSR count). The van der Waals surface area contributed by atoms with Gasteiger partial charge in [-0.2, -0.15) is 0 Å². The highest BCUT2D eigenvalue weighted by atomic mass is 35.5. The quantitative estimate of drug-likeness (QED) is 0.509. The van der Waals surface area contributed by atoms with Gasteiger partial charge < -0.3 is 5.32 Å². The van der Waals surface area contributed by atoms with Crippen molar-refractivity contribution in [3.05, 3.63) is 62.5 Å². The molecule has 2 N–H and O–H groups in total. The smallest absolute Gasteiger partial charge is 0.354 e. The summed E-state index contributed by atoms with van der Waals surface area (Å²) in [6, 6.07) is 7.44. The van der Waals surface area contributed by atoms with Crippen molar-refractivity contribution in [1.82, 2.24) is 25.4 Å². The summed E-state index contributed by atoms with van der Waals surface area (Å²) in [6.45, 7) is 1.58. The Morgan fingerprint density at radius 1 is 1.32 bits per heavy atom. The number of nitrogens with one attached hydrogen (secondary N) is 2. The summed E-state index contributed by atoms with van der Waals surface area (Å²) < 4.78 is 42.3. The number of amides is 1. The number of aromatic nitrogens is 3. The summed E-state index contributed by atoms with van der Waals surface area (Å²) in [5.74, 6) is 0.943. The summed E-state index contributed by atoms with van der Waals surface area (Å²) in [5.41, 5.74) is 3.05. The van der Waals surface area contributed by atoms with Crippen LogP contribution in [0.1, 0.15) is 39.3 Å². The molecule has 0 saturated heterocycles. The Morgan fingerprint density at radius 3 is 2.88 bits per heavy atom. The number of carbonyl (C=O) groups excluding carboxylic acids is 1. The standard InChI is InChI=1S/C22H21ClF3N5O2S/c1-11-29-30-17-10-28-19(13-4-2-3-5-15(13)23)18-14-8-12(9-16(14)34-21(18)31(11)17)20(32)27-6-7-33-22(24,25)26/h2-5,12,19,28H,6-10H2,1H3,(H,27,32)/t12-,19-/m0/s1. The highest BCUT2D eigenvalue weighted by Gasteiger charge is 2.38. The molecule has 0 fully saturated rings. The van der Waals surface area contributed by atoms with Crippen LogP contribution in [0, 0.1) is 12.8 Å². The van der Waals surface area contributed by atoms with Gasteiger partial charge in [0, 0.05) is 27.9 Å². The van der Waals surface area contributed by atoms with Crippen LogP contribution in [0.4, 0.5) is 13.2 Å². The van der Waals surface area contributed by atoms with E-state index in [4.69, 9.17) is 11.6 Å². The third-order valence-corrected chi connectivity index (χ3v) is 7.70. The lowest BCUT2D eigenvalue weighted by atomic mass is 9.95. The van der Waals surface area contributed by atoms with Gasteiger partial charge in [-0.15, -0.1) is 34.7 Å². The molecule has 0 spiro atoms. The van der Waals surface area contributed by atoms with E-state index in [1.807, 2.05) is 35.8 Å². The molecule has 34 heavy (non-hydrogen) atoms. The zero-order valence-electron chi connectivity index (χ0n) is 18.1. The Kier molecular flexibility index (Phi) is 6.13. The summed E-state index contributed by atoms with van der Waals surface area (Å²) in [5, 5.41) is 16.3. The number of thiophene rings is 1. The second-order valence-corrected chi connectivity index (χ2v) is 9.74. The van der Waals surface area contributed by atoms with Crippen molar-refractivity contribution in [3.8, 4) is 5.00 Å². The number of fused-ring (bicyclic) bond motifs is 5. The lowest BCUT2D eigenvalue weighted by molar-refractivity contribution is -0.323. The molecule has 180 valence electrons. The number of halogens is 4. The molecule has 0 unspecified atom stereocenters. The number of alkyl halides is 3. The molecule has 3 heterocycles. The molecule has 2 atom stereocenters. The zero-order valence-corrected chi connectivity index (χ0v) is 19.7. The molecule has 0 bridgehead atoms. The maximum absolute atomic E-state index is 12.7. The molecule has 0 saturated carbocycles. The fourth-order valence-corrected chi connectivity index (χ4v) is 6.39. The Labute approximate surface area is 202 Å². The first-order valence-electron chi connectivity index (χ1n) is 10.7. The van der Waals surface area contributed by atoms with Crippen molar-refractivity contribution in [3.63, 3.8) is 0 Å². The Bertz CT molecular complexity index is 1240. The Balaban J connectivity index is 1.44. The third kappa shape index (κ3) is 4.33. The minimum atomic E-state index is -4.71. The summed E-state index contributed by atoms with van der Waals surface area (Å²) in [4.78, 5) is 13.8. The highest BCUT2D eigenvalue weighted by molar-refractivity contribution is 7.15. The predicted molar refractivity (Wildman–Crippen MR) is 120 cm³/mol. The highest BCUT2D eigenvalue weighted by Crippen LogP contribution is 2.46. The van der Waals surface area contributed by atoms with E-state index in [1.54, 1.807) is 11.3 Å². The van der Waals surface area contributed by atoms with E-state index in [9.17, 15) is 18.0 Å². The van der Waals surface area contributed by atoms with Crippen molar-refractivity contribution in [1.29, 1.82) is 0 Å². The molecule has 1 aromatic carbocycles. The topological polar surface area (TPSA) is 81.1 Å². The summed E-state index contributed by atoms with van der Waals surface area (Å²) in [7, 11) is 0. The number of hydrogen-bond donors (Lipinski definition) is 2. The number of aryl methyl sites for hydroxylation is 1. The number of rotatable bonds is 5. The van der Waals surface area contributed by atoms with Gasteiger partial charge in [0.15, 0.2) is 5.82 Å². The van der Waals surface area contributed by atoms with Gasteiger partial charge in [0.25, 0.3) is 0 Å². The molecule has 12 heteroatoms. The molecule has 1 amide bonds. The van der Waals surface area contributed by atoms with Crippen molar-refractivity contribution in [2.45, 2.75) is 38.7 Å². The van der Waals surface area contributed by atoms with Gasteiger partial charge >= 0.3 is 6.36 Å². The molecule has 0 radical (unpaired) electrons. The minimum Gasteiger partial charge on any atom is -0.354 e. The van der Waals surface area contributed by atoms with Crippen LogP contribution in [0.5, 0.6) is 0 Å². The Morgan fingerprint density at radius 2 is 2.12 bits per heavy atom. The second kappa shape index (κ2) is 8.95. The SMILES string of the molecule is Cc1nnc2n1-c1sc3c(c1[C@H](c1ccccc1Cl)NC2)C[C@H](C(=O)NCCOC(F)(F)F)C3. The van der Waals surface area contributed by atoms with E-state index in [-0.39, 0.29) is 24.4 Å². The number of hydrogen-bond acceptors (Lipinski definition) is 6. The summed E-state index contributed by atoms with van der Waals surface area (Å²) in [6.07, 6.45) is -3.70. The van der Waals surface area contributed by atoms with Crippen LogP contribution in [0.25, 0.3) is 5.00 Å². The first-order valence-corrected chi connectivity index (χ1v) is 11.9. The van der Waals surface area contributed by atoms with Gasteiger partial charge in [-0.3, -0.25) is 19.4 Å². The number of benzene rings is 1. The molecule has 2 aromatic heterocycles. The van der Waals surface area contributed by atoms with Crippen LogP contribution in [-0.4, -0.2) is 40.2 Å². The minimum absolute atomic E-state index is 0.201. The monoisotopic (exact) mass is 511 g/mol. The number of ether oxygens (including phenoxy) is 1. The van der Waals surface area contributed by atoms with Crippen molar-refractivity contribution >= 4 is 28.8 Å². The molecule has 7 nitrogen and oxygen atoms in total. The summed E-state index contributed by atoms with van der Waals surface area (Å²) >= 11 is 8.17. The number of nitrogens with zero attached hydrogens (tertiary/aromatic N) is 3. The number of carbonyl (C=O) groups is 1. The fourth-order valence-electron chi connectivity index (χ4n) is 4.63. The largest absolute Gasteiger partial charge is 0.522 e. The van der Waals surface area contributed by atoms with E-state index >= 15 is 0 Å². The molecule has 3 aromatic rings. The van der Waals surface area contributed by atoms with Gasteiger partial charge in [-0.25, -0.2) is 0 Å². The Hall–Kier alpha value is -2.47. The molecular formula is C22H21ClF3N5O2S. The lowest BCUT2D eigenvalue weighted by Crippen LogP contribution is -2.34. The van der Waals surface area contributed by atoms with Crippen LogP contribution in [0.15, 0.2) is 24.3 Å². The van der Waals surface area contributed by atoms with Crippen LogP contribution in [0.2, 0.25) is 5.02 Å². The normalized spacial score (nSPS) is 19.3. The van der Waals surface area contributed by atoms with Crippen molar-refractivity contribution in [2.75, 3.05) is 13.2 Å². The van der Waals surface area contributed by atoms with Crippen LogP contribution >= 0.6 is 22.9 Å². The third-order valence-electron chi connectivity index (χ3n) is 6.10. The van der Waals surface area contributed by atoms with Gasteiger partial charge in [0.1, 0.15) is 10.8 Å². The van der Waals surface area contributed by atoms with E-state index in [0.717, 1.165) is 38.2 Å². The average molecular weight is 512 g/mol. The van der Waals surface area contributed by atoms with E-state index in [1.165, 1.54) is 0 Å². The lowest BCUT2D eigenvalue weighted by Gasteiger charge is -2.20. The van der Waals surface area contributed by atoms with Crippen LogP contribution < -0.4 is 10.6 Å². The molecule has 1 aliphatic heterocycles. The van der Waals surface area contributed by atoms with Gasteiger partial charge in [0.2, 0.25) is 5.91 Å². The van der Waals surface area contributed by atoms with Crippen molar-refractivity contribution < 1.29 is 22.7 Å². The van der Waals surface area contributed by atoms with E-state index in [2.05, 4.69) is 25.6 Å². The fraction of sp³-hybridized carbons (Fsp3) is 0.409. The first kappa shape index (κ1) is 23.3.